The Kier molecular flexibility index (Phi) is 7.02. The van der Waals surface area contributed by atoms with E-state index in [1.54, 1.807) is 25.1 Å². The normalized spacial score (nSPS) is 19.0. The molecule has 29 heavy (non-hydrogen) atoms. The van der Waals surface area contributed by atoms with E-state index < -0.39 is 15.1 Å². The average Bonchev–Trinajstić information content (AvgIpc) is 3.24. The molecule has 1 aromatic carbocycles. The number of rotatable bonds is 8. The molecule has 1 aliphatic heterocycles. The van der Waals surface area contributed by atoms with Gasteiger partial charge in [-0.05, 0) is 31.0 Å². The number of benzene rings is 1. The molecule has 2 heterocycles. The van der Waals surface area contributed by atoms with Crippen LogP contribution in [0.15, 0.2) is 42.1 Å². The van der Waals surface area contributed by atoms with E-state index >= 15 is 0 Å². The minimum atomic E-state index is -3.03. The number of carbonyl (C=O) groups excluding carboxylic acids is 1. The summed E-state index contributed by atoms with van der Waals surface area (Å²) in [6, 6.07) is 7.29. The van der Waals surface area contributed by atoms with E-state index in [1.165, 1.54) is 11.8 Å². The summed E-state index contributed by atoms with van der Waals surface area (Å²) >= 11 is 7.17. The minimum absolute atomic E-state index is 0.0874. The van der Waals surface area contributed by atoms with Gasteiger partial charge >= 0.3 is 0 Å². The summed E-state index contributed by atoms with van der Waals surface area (Å²) in [6.45, 7) is 6.43. The first-order valence-corrected chi connectivity index (χ1v) is 12.3. The van der Waals surface area contributed by atoms with Crippen LogP contribution in [-0.4, -0.2) is 45.8 Å². The van der Waals surface area contributed by atoms with E-state index in [9.17, 15) is 13.2 Å². The number of nitrogens with zero attached hydrogens (tertiary/aromatic N) is 3. The lowest BCUT2D eigenvalue weighted by Crippen LogP contribution is -2.30. The highest BCUT2D eigenvalue weighted by Gasteiger charge is 2.33. The minimum Gasteiger partial charge on any atom is -0.351 e. The van der Waals surface area contributed by atoms with E-state index in [0.717, 1.165) is 5.56 Å². The van der Waals surface area contributed by atoms with Crippen molar-refractivity contribution in [2.45, 2.75) is 42.8 Å². The molecule has 7 nitrogen and oxygen atoms in total. The highest BCUT2D eigenvalue weighted by atomic mass is 35.5. The van der Waals surface area contributed by atoms with Crippen molar-refractivity contribution >= 4 is 39.1 Å². The fourth-order valence-electron chi connectivity index (χ4n) is 3.14. The van der Waals surface area contributed by atoms with E-state index in [-0.39, 0.29) is 23.3 Å². The molecule has 1 N–H and O–H groups in total. The summed E-state index contributed by atoms with van der Waals surface area (Å²) in [6.07, 6.45) is 2.26. The number of hydrogen-bond donors (Lipinski definition) is 1. The average molecular weight is 455 g/mol. The number of aromatic nitrogens is 3. The molecule has 0 bridgehead atoms. The van der Waals surface area contributed by atoms with Crippen LogP contribution in [0.3, 0.4) is 0 Å². The third-order valence-electron chi connectivity index (χ3n) is 4.69. The van der Waals surface area contributed by atoms with E-state index in [0.29, 0.717) is 35.5 Å². The van der Waals surface area contributed by atoms with Crippen LogP contribution in [-0.2, 0) is 27.7 Å². The molecule has 2 atom stereocenters. The Morgan fingerprint density at radius 2 is 2.14 bits per heavy atom. The van der Waals surface area contributed by atoms with Crippen LogP contribution in [0.4, 0.5) is 0 Å². The number of thioether (sulfide) groups is 1. The van der Waals surface area contributed by atoms with Crippen LogP contribution in [0, 0.1) is 0 Å². The van der Waals surface area contributed by atoms with Crippen molar-refractivity contribution in [2.75, 3.05) is 11.5 Å². The molecule has 2 unspecified atom stereocenters. The van der Waals surface area contributed by atoms with Crippen LogP contribution < -0.4 is 5.32 Å². The smallest absolute Gasteiger partial charge is 0.233 e. The first kappa shape index (κ1) is 21.9. The van der Waals surface area contributed by atoms with Gasteiger partial charge in [0.05, 0.1) is 16.8 Å². The molecule has 1 aromatic heterocycles. The van der Waals surface area contributed by atoms with Crippen LogP contribution >= 0.6 is 23.4 Å². The molecule has 0 saturated carbocycles. The largest absolute Gasteiger partial charge is 0.351 e. The maximum Gasteiger partial charge on any atom is 0.233 e. The van der Waals surface area contributed by atoms with Gasteiger partial charge in [0.1, 0.15) is 5.82 Å². The predicted octanol–water partition coefficient (Wildman–Crippen LogP) is 2.82. The highest BCUT2D eigenvalue weighted by Crippen LogP contribution is 2.31. The Labute approximate surface area is 179 Å². The summed E-state index contributed by atoms with van der Waals surface area (Å²) in [5.74, 6) is 0.607. The van der Waals surface area contributed by atoms with Gasteiger partial charge < -0.3 is 9.88 Å². The second kappa shape index (κ2) is 9.32. The van der Waals surface area contributed by atoms with Crippen molar-refractivity contribution in [3.63, 3.8) is 0 Å². The molecule has 156 valence electrons. The quantitative estimate of drug-likeness (QED) is 0.487. The highest BCUT2D eigenvalue weighted by molar-refractivity contribution is 8.00. The molecule has 10 heteroatoms. The number of allylic oxidation sites excluding steroid dienone is 1. The van der Waals surface area contributed by atoms with Crippen molar-refractivity contribution in [2.24, 2.45) is 0 Å². The van der Waals surface area contributed by atoms with Crippen LogP contribution in [0.1, 0.15) is 30.7 Å². The molecule has 0 spiro atoms. The van der Waals surface area contributed by atoms with Crippen LogP contribution in [0.2, 0.25) is 5.02 Å². The standard InChI is InChI=1S/C19H23ClN4O3S2/c1-3-9-24-17(15-8-10-29(26,27)12-15)22-23-19(24)28-13(2)18(25)21-11-14-4-6-16(20)7-5-14/h3-7,13,15H,1,8-12H2,2H3,(H,21,25). The second-order valence-corrected chi connectivity index (χ2v) is 10.9. The topological polar surface area (TPSA) is 93.9 Å². The Morgan fingerprint density at radius 3 is 2.76 bits per heavy atom. The molecule has 2 aromatic rings. The van der Waals surface area contributed by atoms with Gasteiger partial charge in [-0.1, -0.05) is 41.6 Å². The van der Waals surface area contributed by atoms with Gasteiger partial charge in [0.2, 0.25) is 5.91 Å². The maximum absolute atomic E-state index is 12.5. The maximum atomic E-state index is 12.5. The Bertz CT molecular complexity index is 989. The zero-order chi connectivity index (χ0) is 21.0. The van der Waals surface area contributed by atoms with Crippen molar-refractivity contribution in [3.05, 3.63) is 53.3 Å². The van der Waals surface area contributed by atoms with Gasteiger partial charge in [-0.25, -0.2) is 8.42 Å². The van der Waals surface area contributed by atoms with Crippen LogP contribution in [0.25, 0.3) is 0 Å². The monoisotopic (exact) mass is 454 g/mol. The van der Waals surface area contributed by atoms with Crippen molar-refractivity contribution in [1.82, 2.24) is 20.1 Å². The van der Waals surface area contributed by atoms with Crippen LogP contribution in [0.5, 0.6) is 0 Å². The summed E-state index contributed by atoms with van der Waals surface area (Å²) in [5, 5.41) is 12.2. The zero-order valence-electron chi connectivity index (χ0n) is 16.0. The van der Waals surface area contributed by atoms with Gasteiger partial charge in [-0.3, -0.25) is 4.79 Å². The molecule has 1 aliphatic rings. The summed E-state index contributed by atoms with van der Waals surface area (Å²) in [5.41, 5.74) is 0.958. The number of carbonyl (C=O) groups is 1. The first-order valence-electron chi connectivity index (χ1n) is 9.22. The molecule has 1 amide bonds. The van der Waals surface area contributed by atoms with Gasteiger partial charge in [0, 0.05) is 24.0 Å². The lowest BCUT2D eigenvalue weighted by Gasteiger charge is -2.14. The molecule has 0 radical (unpaired) electrons. The molecule has 0 aliphatic carbocycles. The Hall–Kier alpha value is -1.84. The van der Waals surface area contributed by atoms with Gasteiger partial charge in [0.15, 0.2) is 15.0 Å². The summed E-state index contributed by atoms with van der Waals surface area (Å²) < 4.78 is 25.5. The summed E-state index contributed by atoms with van der Waals surface area (Å²) in [7, 11) is -3.03. The van der Waals surface area contributed by atoms with E-state index in [4.69, 9.17) is 11.6 Å². The number of sulfone groups is 1. The number of nitrogens with one attached hydrogen (secondary N) is 1. The lowest BCUT2D eigenvalue weighted by atomic mass is 10.1. The Balaban J connectivity index is 1.66. The second-order valence-electron chi connectivity index (χ2n) is 6.94. The van der Waals surface area contributed by atoms with Crippen molar-refractivity contribution in [3.8, 4) is 0 Å². The predicted molar refractivity (Wildman–Crippen MR) is 115 cm³/mol. The molecule has 3 rings (SSSR count). The van der Waals surface area contributed by atoms with E-state index in [2.05, 4.69) is 22.1 Å². The Morgan fingerprint density at radius 1 is 1.41 bits per heavy atom. The van der Waals surface area contributed by atoms with Crippen molar-refractivity contribution in [1.29, 1.82) is 0 Å². The van der Waals surface area contributed by atoms with Gasteiger partial charge in [-0.15, -0.1) is 16.8 Å². The van der Waals surface area contributed by atoms with Gasteiger partial charge in [0.25, 0.3) is 0 Å². The molecular weight excluding hydrogens is 432 g/mol. The number of hydrogen-bond acceptors (Lipinski definition) is 6. The number of halogens is 1. The SMILES string of the molecule is C=CCn1c(SC(C)C(=O)NCc2ccc(Cl)cc2)nnc1C1CCS(=O)(=O)C1. The van der Waals surface area contributed by atoms with Gasteiger partial charge in [-0.2, -0.15) is 0 Å². The third kappa shape index (κ3) is 5.61. The fourth-order valence-corrected chi connectivity index (χ4v) is 5.89. The third-order valence-corrected chi connectivity index (χ3v) is 7.79. The first-order chi connectivity index (χ1) is 13.8. The zero-order valence-corrected chi connectivity index (χ0v) is 18.4. The number of amides is 1. The lowest BCUT2D eigenvalue weighted by molar-refractivity contribution is -0.120. The van der Waals surface area contributed by atoms with E-state index in [1.807, 2.05) is 16.7 Å². The molecule has 1 saturated heterocycles. The molecule has 1 fully saturated rings. The summed E-state index contributed by atoms with van der Waals surface area (Å²) in [4.78, 5) is 12.5. The van der Waals surface area contributed by atoms with Crippen molar-refractivity contribution < 1.29 is 13.2 Å². The fraction of sp³-hybridized carbons (Fsp3) is 0.421. The molecular formula is C19H23ClN4O3S2.